The largest absolute Gasteiger partial charge is 0.348 e. The summed E-state index contributed by atoms with van der Waals surface area (Å²) in [5.74, 6) is 0.0673. The van der Waals surface area contributed by atoms with E-state index >= 15 is 0 Å². The Balaban J connectivity index is 1.44. The van der Waals surface area contributed by atoms with E-state index in [9.17, 15) is 18.0 Å². The van der Waals surface area contributed by atoms with E-state index in [1.54, 1.807) is 43.3 Å². The molecule has 178 valence electrons. The van der Waals surface area contributed by atoms with Crippen molar-refractivity contribution in [3.05, 3.63) is 72.3 Å². The minimum Gasteiger partial charge on any atom is -0.348 e. The van der Waals surface area contributed by atoms with Gasteiger partial charge in [0, 0.05) is 45.2 Å². The molecule has 0 atom stereocenters. The third kappa shape index (κ3) is 5.11. The molecule has 0 saturated carbocycles. The summed E-state index contributed by atoms with van der Waals surface area (Å²) in [6.07, 6.45) is 0. The quantitative estimate of drug-likeness (QED) is 0.489. The molecule has 0 radical (unpaired) electrons. The Morgan fingerprint density at radius 1 is 0.882 bits per heavy atom. The first-order valence-corrected chi connectivity index (χ1v) is 13.4. The molecule has 1 saturated heterocycles. The van der Waals surface area contributed by atoms with Gasteiger partial charge in [-0.15, -0.1) is 11.8 Å². The third-order valence-corrected chi connectivity index (χ3v) is 8.80. The van der Waals surface area contributed by atoms with Gasteiger partial charge in [0.05, 0.1) is 16.2 Å². The number of benzene rings is 3. The Morgan fingerprint density at radius 2 is 1.53 bits per heavy atom. The van der Waals surface area contributed by atoms with Crippen LogP contribution in [0.25, 0.3) is 10.8 Å². The van der Waals surface area contributed by atoms with Crippen LogP contribution in [0.3, 0.4) is 0 Å². The highest BCUT2D eigenvalue weighted by molar-refractivity contribution is 8.00. The van der Waals surface area contributed by atoms with Crippen LogP contribution >= 0.6 is 11.8 Å². The molecule has 3 aromatic rings. The van der Waals surface area contributed by atoms with Gasteiger partial charge in [-0.25, -0.2) is 8.42 Å². The monoisotopic (exact) mass is 497 g/mol. The van der Waals surface area contributed by atoms with E-state index in [1.165, 1.54) is 21.0 Å². The van der Waals surface area contributed by atoms with E-state index in [0.29, 0.717) is 18.7 Å². The molecule has 0 unspecified atom stereocenters. The molecule has 0 spiro atoms. The number of nitrogens with zero attached hydrogens (tertiary/aromatic N) is 3. The summed E-state index contributed by atoms with van der Waals surface area (Å²) in [6, 6.07) is 20.0. The van der Waals surface area contributed by atoms with Crippen molar-refractivity contribution >= 4 is 44.4 Å². The molecular weight excluding hydrogens is 470 g/mol. The third-order valence-electron chi connectivity index (χ3n) is 5.85. The number of rotatable bonds is 6. The highest BCUT2D eigenvalue weighted by atomic mass is 32.2. The van der Waals surface area contributed by atoms with E-state index in [1.807, 2.05) is 42.5 Å². The normalized spacial score (nSPS) is 14.8. The zero-order chi connectivity index (χ0) is 24.3. The van der Waals surface area contributed by atoms with Crippen LogP contribution < -0.4 is 0 Å². The number of amides is 2. The molecular formula is C25H27N3O4S2. The van der Waals surface area contributed by atoms with Crippen molar-refractivity contribution in [2.45, 2.75) is 9.79 Å². The Kier molecular flexibility index (Phi) is 7.25. The Hall–Kier alpha value is -2.88. The number of carbonyl (C=O) groups excluding carboxylic acids is 2. The van der Waals surface area contributed by atoms with Crippen LogP contribution in [0.15, 0.2) is 76.5 Å². The molecule has 0 bridgehead atoms. The Bertz CT molecular complexity index is 1320. The zero-order valence-corrected chi connectivity index (χ0v) is 20.8. The number of sulfonamides is 1. The van der Waals surface area contributed by atoms with E-state index in [0.717, 1.165) is 15.7 Å². The van der Waals surface area contributed by atoms with Crippen molar-refractivity contribution in [3.63, 3.8) is 0 Å². The summed E-state index contributed by atoms with van der Waals surface area (Å²) in [5.41, 5.74) is 0.532. The van der Waals surface area contributed by atoms with Crippen LogP contribution in [0.4, 0.5) is 0 Å². The second-order valence-electron chi connectivity index (χ2n) is 8.28. The number of carbonyl (C=O) groups is 2. The minimum atomic E-state index is -3.65. The highest BCUT2D eigenvalue weighted by Gasteiger charge is 2.31. The maximum Gasteiger partial charge on any atom is 0.255 e. The van der Waals surface area contributed by atoms with Gasteiger partial charge >= 0.3 is 0 Å². The highest BCUT2D eigenvalue weighted by Crippen LogP contribution is 2.26. The average Bonchev–Trinajstić information content (AvgIpc) is 2.86. The molecule has 0 N–H and O–H groups in total. The van der Waals surface area contributed by atoms with Gasteiger partial charge in [-0.1, -0.05) is 42.5 Å². The van der Waals surface area contributed by atoms with Crippen molar-refractivity contribution in [1.29, 1.82) is 0 Å². The number of piperazine rings is 1. The second-order valence-corrected chi connectivity index (χ2v) is 11.2. The fraction of sp³-hybridized carbons (Fsp3) is 0.280. The number of hydrogen-bond donors (Lipinski definition) is 0. The predicted molar refractivity (Wildman–Crippen MR) is 134 cm³/mol. The summed E-state index contributed by atoms with van der Waals surface area (Å²) in [6.45, 7) is 1.08. The van der Waals surface area contributed by atoms with Crippen LogP contribution in [-0.4, -0.2) is 80.4 Å². The maximum atomic E-state index is 13.2. The Labute approximate surface area is 204 Å². The van der Waals surface area contributed by atoms with E-state index in [-0.39, 0.29) is 35.6 Å². The molecule has 4 rings (SSSR count). The lowest BCUT2D eigenvalue weighted by molar-refractivity contribution is -0.125. The first-order chi connectivity index (χ1) is 16.3. The molecule has 3 aromatic carbocycles. The lowest BCUT2D eigenvalue weighted by Crippen LogP contribution is -2.50. The van der Waals surface area contributed by atoms with Crippen LogP contribution in [0.2, 0.25) is 0 Å². The SMILES string of the molecule is CN(C)C(=O)CSc1ccccc1C(=O)N1CCN(S(=O)(=O)c2ccc3ccccc3c2)CC1. The Morgan fingerprint density at radius 3 is 2.24 bits per heavy atom. The summed E-state index contributed by atoms with van der Waals surface area (Å²) in [7, 11) is -0.253. The maximum absolute atomic E-state index is 13.2. The van der Waals surface area contributed by atoms with Crippen molar-refractivity contribution in [1.82, 2.24) is 14.1 Å². The van der Waals surface area contributed by atoms with Gasteiger partial charge in [0.25, 0.3) is 5.91 Å². The molecule has 1 aliphatic rings. The van der Waals surface area contributed by atoms with Crippen molar-refractivity contribution in [3.8, 4) is 0 Å². The molecule has 7 nitrogen and oxygen atoms in total. The molecule has 0 aliphatic carbocycles. The van der Waals surface area contributed by atoms with Crippen LogP contribution in [-0.2, 0) is 14.8 Å². The molecule has 1 aliphatic heterocycles. The van der Waals surface area contributed by atoms with Gasteiger partial charge in [0.15, 0.2) is 0 Å². The van der Waals surface area contributed by atoms with Crippen LogP contribution in [0.5, 0.6) is 0 Å². The van der Waals surface area contributed by atoms with Crippen molar-refractivity contribution < 1.29 is 18.0 Å². The first kappa shape index (κ1) is 24.3. The summed E-state index contributed by atoms with van der Waals surface area (Å²) in [4.78, 5) is 29.4. The molecule has 1 fully saturated rings. The van der Waals surface area contributed by atoms with E-state index in [4.69, 9.17) is 0 Å². The minimum absolute atomic E-state index is 0.0280. The van der Waals surface area contributed by atoms with Crippen LogP contribution in [0, 0.1) is 0 Å². The van der Waals surface area contributed by atoms with Gasteiger partial charge in [-0.3, -0.25) is 9.59 Å². The van der Waals surface area contributed by atoms with Gasteiger partial charge in [-0.05, 0) is 35.0 Å². The first-order valence-electron chi connectivity index (χ1n) is 11.0. The fourth-order valence-corrected chi connectivity index (χ4v) is 6.30. The van der Waals surface area contributed by atoms with Gasteiger partial charge in [0.2, 0.25) is 15.9 Å². The van der Waals surface area contributed by atoms with E-state index < -0.39 is 10.0 Å². The standard InChI is InChI=1S/C25H27N3O4S2/c1-26(2)24(29)18-33-23-10-6-5-9-22(23)25(30)27-13-15-28(16-14-27)34(31,32)21-12-11-19-7-3-4-8-20(19)17-21/h3-12,17H,13-16,18H2,1-2H3. The zero-order valence-electron chi connectivity index (χ0n) is 19.2. The van der Waals surface area contributed by atoms with Gasteiger partial charge in [-0.2, -0.15) is 4.31 Å². The van der Waals surface area contributed by atoms with Crippen molar-refractivity contribution in [2.75, 3.05) is 46.0 Å². The second kappa shape index (κ2) is 10.2. The molecule has 0 aromatic heterocycles. The summed E-state index contributed by atoms with van der Waals surface area (Å²) < 4.78 is 27.9. The number of fused-ring (bicyclic) bond motifs is 1. The molecule has 34 heavy (non-hydrogen) atoms. The smallest absolute Gasteiger partial charge is 0.255 e. The van der Waals surface area contributed by atoms with Crippen LogP contribution in [0.1, 0.15) is 10.4 Å². The molecule has 1 heterocycles. The summed E-state index contributed by atoms with van der Waals surface area (Å²) >= 11 is 1.33. The van der Waals surface area contributed by atoms with E-state index in [2.05, 4.69) is 0 Å². The fourth-order valence-electron chi connectivity index (χ4n) is 3.82. The summed E-state index contributed by atoms with van der Waals surface area (Å²) in [5, 5.41) is 1.86. The number of hydrogen-bond acceptors (Lipinski definition) is 5. The lowest BCUT2D eigenvalue weighted by Gasteiger charge is -2.34. The average molecular weight is 498 g/mol. The van der Waals surface area contributed by atoms with Crippen molar-refractivity contribution in [2.24, 2.45) is 0 Å². The topological polar surface area (TPSA) is 78.0 Å². The molecule has 2 amide bonds. The molecule has 9 heteroatoms. The van der Waals surface area contributed by atoms with Gasteiger partial charge in [0.1, 0.15) is 0 Å². The van der Waals surface area contributed by atoms with Gasteiger partial charge < -0.3 is 9.80 Å². The lowest BCUT2D eigenvalue weighted by atomic mass is 10.1. The number of thioether (sulfide) groups is 1. The predicted octanol–water partition coefficient (Wildman–Crippen LogP) is 3.17.